The Hall–Kier alpha value is -3.08. The minimum atomic E-state index is 0.719. The van der Waals surface area contributed by atoms with Crippen LogP contribution in [-0.2, 0) is 6.42 Å². The summed E-state index contributed by atoms with van der Waals surface area (Å²) >= 11 is 0. The second kappa shape index (κ2) is 9.41. The van der Waals surface area contributed by atoms with E-state index in [1.54, 1.807) is 0 Å². The summed E-state index contributed by atoms with van der Waals surface area (Å²) in [4.78, 5) is 13.9. The maximum atomic E-state index is 4.74. The largest absolute Gasteiger partial charge is 0.368 e. The number of aromatic nitrogens is 2. The third-order valence-corrected chi connectivity index (χ3v) is 5.38. The molecule has 5 nitrogen and oxygen atoms in total. The Morgan fingerprint density at radius 3 is 2.48 bits per heavy atom. The first-order chi connectivity index (χ1) is 14.3. The zero-order valence-corrected chi connectivity index (χ0v) is 17.1. The highest BCUT2D eigenvalue weighted by Gasteiger charge is 2.18. The predicted molar refractivity (Wildman–Crippen MR) is 121 cm³/mol. The van der Waals surface area contributed by atoms with Gasteiger partial charge in [0.1, 0.15) is 5.82 Å². The number of rotatable bonds is 7. The fraction of sp³-hybridized carbons (Fsp3) is 0.333. The molecule has 2 aromatic carbocycles. The van der Waals surface area contributed by atoms with Gasteiger partial charge in [0.2, 0.25) is 5.95 Å². The topological polar surface area (TPSA) is 44.3 Å². The van der Waals surface area contributed by atoms with Crippen molar-refractivity contribution >= 4 is 17.5 Å². The standard InChI is InChI=1S/C24H29N5/c1-20-7-5-11-22(19-20)28-15-17-29(18-16-28)23-12-14-26-24(27-23)25-13-6-10-21-8-3-2-4-9-21/h2-5,7-9,11-12,14,19H,6,10,13,15-18H2,1H3,(H,25,26,27). The van der Waals surface area contributed by atoms with Gasteiger partial charge in [-0.15, -0.1) is 0 Å². The Bertz CT molecular complexity index is 904. The number of benzene rings is 2. The van der Waals surface area contributed by atoms with Gasteiger partial charge >= 0.3 is 0 Å². The number of piperazine rings is 1. The van der Waals surface area contributed by atoms with E-state index in [0.717, 1.165) is 57.3 Å². The first-order valence-corrected chi connectivity index (χ1v) is 10.5. The van der Waals surface area contributed by atoms with Crippen LogP contribution in [0.25, 0.3) is 0 Å². The minimum absolute atomic E-state index is 0.719. The van der Waals surface area contributed by atoms with E-state index in [-0.39, 0.29) is 0 Å². The third-order valence-electron chi connectivity index (χ3n) is 5.38. The molecule has 29 heavy (non-hydrogen) atoms. The lowest BCUT2D eigenvalue weighted by Gasteiger charge is -2.36. The van der Waals surface area contributed by atoms with E-state index in [2.05, 4.69) is 81.6 Å². The van der Waals surface area contributed by atoms with Crippen molar-refractivity contribution in [3.63, 3.8) is 0 Å². The maximum absolute atomic E-state index is 4.74. The molecule has 1 fully saturated rings. The molecule has 150 valence electrons. The fourth-order valence-electron chi connectivity index (χ4n) is 3.77. The molecule has 0 bridgehead atoms. The van der Waals surface area contributed by atoms with Crippen LogP contribution < -0.4 is 15.1 Å². The predicted octanol–water partition coefficient (Wildman–Crippen LogP) is 4.16. The molecule has 0 saturated carbocycles. The fourth-order valence-corrected chi connectivity index (χ4v) is 3.77. The van der Waals surface area contributed by atoms with E-state index < -0.39 is 0 Å². The summed E-state index contributed by atoms with van der Waals surface area (Å²) < 4.78 is 0. The minimum Gasteiger partial charge on any atom is -0.368 e. The van der Waals surface area contributed by atoms with Crippen LogP contribution >= 0.6 is 0 Å². The highest BCUT2D eigenvalue weighted by molar-refractivity contribution is 5.51. The molecule has 1 aliphatic rings. The summed E-state index contributed by atoms with van der Waals surface area (Å²) in [5.74, 6) is 1.73. The van der Waals surface area contributed by atoms with Crippen LogP contribution in [0.4, 0.5) is 17.5 Å². The lowest BCUT2D eigenvalue weighted by molar-refractivity contribution is 0.647. The van der Waals surface area contributed by atoms with E-state index in [9.17, 15) is 0 Å². The summed E-state index contributed by atoms with van der Waals surface area (Å²) in [5.41, 5.74) is 3.99. The lowest BCUT2D eigenvalue weighted by Crippen LogP contribution is -2.46. The molecule has 1 aliphatic heterocycles. The molecule has 2 heterocycles. The molecule has 0 radical (unpaired) electrons. The zero-order valence-electron chi connectivity index (χ0n) is 17.1. The van der Waals surface area contributed by atoms with Crippen molar-refractivity contribution in [3.05, 3.63) is 78.0 Å². The molecular formula is C24H29N5. The smallest absolute Gasteiger partial charge is 0.224 e. The molecule has 5 heteroatoms. The van der Waals surface area contributed by atoms with E-state index in [1.807, 2.05) is 12.3 Å². The van der Waals surface area contributed by atoms with Gasteiger partial charge in [0.25, 0.3) is 0 Å². The van der Waals surface area contributed by atoms with Crippen LogP contribution in [0.2, 0.25) is 0 Å². The van der Waals surface area contributed by atoms with Crippen molar-refractivity contribution in [2.75, 3.05) is 47.8 Å². The molecule has 1 aromatic heterocycles. The van der Waals surface area contributed by atoms with Crippen LogP contribution in [0.5, 0.6) is 0 Å². The molecule has 0 unspecified atom stereocenters. The molecule has 0 aliphatic carbocycles. The maximum Gasteiger partial charge on any atom is 0.224 e. The van der Waals surface area contributed by atoms with Gasteiger partial charge in [-0.25, -0.2) is 4.98 Å². The zero-order chi connectivity index (χ0) is 19.9. The Kier molecular flexibility index (Phi) is 6.25. The lowest BCUT2D eigenvalue weighted by atomic mass is 10.1. The Balaban J connectivity index is 1.27. The summed E-state index contributed by atoms with van der Waals surface area (Å²) in [6.45, 7) is 6.98. The Labute approximate surface area is 173 Å². The number of nitrogens with one attached hydrogen (secondary N) is 1. The number of aryl methyl sites for hydroxylation is 2. The molecule has 0 amide bonds. The van der Waals surface area contributed by atoms with Gasteiger partial charge in [-0.05, 0) is 49.1 Å². The van der Waals surface area contributed by atoms with Gasteiger partial charge in [-0.2, -0.15) is 4.98 Å². The third kappa shape index (κ3) is 5.25. The molecule has 0 spiro atoms. The van der Waals surface area contributed by atoms with Crippen LogP contribution in [0.15, 0.2) is 66.9 Å². The number of hydrogen-bond acceptors (Lipinski definition) is 5. The molecular weight excluding hydrogens is 358 g/mol. The van der Waals surface area contributed by atoms with Crippen molar-refractivity contribution in [2.45, 2.75) is 19.8 Å². The van der Waals surface area contributed by atoms with Gasteiger partial charge in [-0.1, -0.05) is 42.5 Å². The summed E-state index contributed by atoms with van der Waals surface area (Å²) in [6, 6.07) is 21.3. The van der Waals surface area contributed by atoms with Crippen LogP contribution in [-0.4, -0.2) is 42.7 Å². The van der Waals surface area contributed by atoms with Crippen molar-refractivity contribution in [2.24, 2.45) is 0 Å². The van der Waals surface area contributed by atoms with Gasteiger partial charge in [0.15, 0.2) is 0 Å². The quantitative estimate of drug-likeness (QED) is 0.617. The highest BCUT2D eigenvalue weighted by atomic mass is 15.3. The normalized spacial score (nSPS) is 14.1. The molecule has 4 rings (SSSR count). The number of nitrogens with zero attached hydrogens (tertiary/aromatic N) is 4. The first-order valence-electron chi connectivity index (χ1n) is 10.5. The van der Waals surface area contributed by atoms with Crippen LogP contribution in [0, 0.1) is 6.92 Å². The van der Waals surface area contributed by atoms with E-state index in [4.69, 9.17) is 4.98 Å². The van der Waals surface area contributed by atoms with E-state index in [1.165, 1.54) is 16.8 Å². The highest BCUT2D eigenvalue weighted by Crippen LogP contribution is 2.20. The van der Waals surface area contributed by atoms with Crippen molar-refractivity contribution < 1.29 is 0 Å². The molecule has 1 saturated heterocycles. The second-order valence-corrected chi connectivity index (χ2v) is 7.57. The molecule has 1 N–H and O–H groups in total. The number of hydrogen-bond donors (Lipinski definition) is 1. The Morgan fingerprint density at radius 1 is 0.897 bits per heavy atom. The van der Waals surface area contributed by atoms with Gasteiger partial charge in [0.05, 0.1) is 0 Å². The summed E-state index contributed by atoms with van der Waals surface area (Å²) in [5, 5.41) is 3.38. The average molecular weight is 388 g/mol. The van der Waals surface area contributed by atoms with Gasteiger partial charge in [0, 0.05) is 44.6 Å². The SMILES string of the molecule is Cc1cccc(N2CCN(c3ccnc(NCCCc4ccccc4)n3)CC2)c1. The van der Waals surface area contributed by atoms with Crippen molar-refractivity contribution in [3.8, 4) is 0 Å². The Morgan fingerprint density at radius 2 is 1.69 bits per heavy atom. The second-order valence-electron chi connectivity index (χ2n) is 7.57. The first kappa shape index (κ1) is 19.2. The van der Waals surface area contributed by atoms with Gasteiger partial charge in [-0.3, -0.25) is 0 Å². The molecule has 0 atom stereocenters. The average Bonchev–Trinajstić information content (AvgIpc) is 2.78. The van der Waals surface area contributed by atoms with Crippen LogP contribution in [0.3, 0.4) is 0 Å². The summed E-state index contributed by atoms with van der Waals surface area (Å²) in [7, 11) is 0. The monoisotopic (exact) mass is 387 g/mol. The van der Waals surface area contributed by atoms with Crippen molar-refractivity contribution in [1.29, 1.82) is 0 Å². The van der Waals surface area contributed by atoms with Gasteiger partial charge < -0.3 is 15.1 Å². The van der Waals surface area contributed by atoms with Crippen LogP contribution in [0.1, 0.15) is 17.5 Å². The van der Waals surface area contributed by atoms with Crippen molar-refractivity contribution in [1.82, 2.24) is 9.97 Å². The van der Waals surface area contributed by atoms with E-state index >= 15 is 0 Å². The van der Waals surface area contributed by atoms with E-state index in [0.29, 0.717) is 0 Å². The summed E-state index contributed by atoms with van der Waals surface area (Å²) in [6.07, 6.45) is 3.98. The molecule has 3 aromatic rings. The number of anilines is 3.